The first kappa shape index (κ1) is 15.4. The number of rotatable bonds is 5. The Hall–Kier alpha value is -1.61. The molecule has 102 valence electrons. The van der Waals surface area contributed by atoms with Gasteiger partial charge in [0.25, 0.3) is 0 Å². The lowest BCUT2D eigenvalue weighted by Crippen LogP contribution is -2.32. The molecule has 0 aliphatic carbocycles. The molecule has 1 rings (SSSR count). The second kappa shape index (κ2) is 6.53. The molecular formula is C15H18ClNO2. The highest BCUT2D eigenvalue weighted by atomic mass is 35.5. The lowest BCUT2D eigenvalue weighted by atomic mass is 9.97. The molecule has 0 heterocycles. The molecule has 0 saturated carbocycles. The lowest BCUT2D eigenvalue weighted by Gasteiger charge is -2.18. The van der Waals surface area contributed by atoms with Crippen LogP contribution in [0.4, 0.5) is 0 Å². The van der Waals surface area contributed by atoms with Crippen molar-refractivity contribution in [2.75, 3.05) is 0 Å². The number of carboxylic acid groups (broad SMARTS) is 1. The highest BCUT2D eigenvalue weighted by Crippen LogP contribution is 2.18. The molecule has 0 aliphatic heterocycles. The summed E-state index contributed by atoms with van der Waals surface area (Å²) < 4.78 is 0. The number of aliphatic carboxylic acids is 1. The largest absolute Gasteiger partial charge is 0.479 e. The van der Waals surface area contributed by atoms with Crippen LogP contribution in [-0.4, -0.2) is 22.8 Å². The fourth-order valence-electron chi connectivity index (χ4n) is 1.36. The first-order valence-electron chi connectivity index (χ1n) is 6.01. The Bertz CT molecular complexity index is 501. The smallest absolute Gasteiger partial charge is 0.331 e. The van der Waals surface area contributed by atoms with Crippen molar-refractivity contribution >= 4 is 23.8 Å². The van der Waals surface area contributed by atoms with Gasteiger partial charge in [-0.3, -0.25) is 4.99 Å². The van der Waals surface area contributed by atoms with Gasteiger partial charge in [-0.2, -0.15) is 0 Å². The van der Waals surface area contributed by atoms with E-state index >= 15 is 0 Å². The third-order valence-electron chi connectivity index (χ3n) is 2.74. The standard InChI is InChI=1S/C15H18ClNO2/c1-11(2)8-9-15(3,14(18)19)17-10-12-4-6-13(16)7-5-12/h4-8,10H,9H2,1-3H3,(H,18,19)/t15-/m1/s1. The Morgan fingerprint density at radius 3 is 2.42 bits per heavy atom. The highest BCUT2D eigenvalue weighted by molar-refractivity contribution is 6.30. The molecule has 0 bridgehead atoms. The fourth-order valence-corrected chi connectivity index (χ4v) is 1.49. The topological polar surface area (TPSA) is 49.7 Å². The summed E-state index contributed by atoms with van der Waals surface area (Å²) in [5, 5.41) is 9.94. The minimum atomic E-state index is -1.14. The first-order valence-corrected chi connectivity index (χ1v) is 6.39. The third kappa shape index (κ3) is 4.87. The van der Waals surface area contributed by atoms with E-state index < -0.39 is 11.5 Å². The molecule has 0 amide bonds. The van der Waals surface area contributed by atoms with Crippen molar-refractivity contribution in [3.63, 3.8) is 0 Å². The van der Waals surface area contributed by atoms with Gasteiger partial charge in [0.15, 0.2) is 5.54 Å². The molecule has 1 N–H and O–H groups in total. The highest BCUT2D eigenvalue weighted by Gasteiger charge is 2.30. The summed E-state index contributed by atoms with van der Waals surface area (Å²) >= 11 is 5.79. The van der Waals surface area contributed by atoms with E-state index in [2.05, 4.69) is 4.99 Å². The maximum Gasteiger partial charge on any atom is 0.331 e. The van der Waals surface area contributed by atoms with Crippen LogP contribution in [0.15, 0.2) is 40.9 Å². The number of aliphatic imine (C=N–C) groups is 1. The zero-order valence-electron chi connectivity index (χ0n) is 11.4. The van der Waals surface area contributed by atoms with Gasteiger partial charge in [-0.15, -0.1) is 0 Å². The normalized spacial score (nSPS) is 14.1. The van der Waals surface area contributed by atoms with Crippen molar-refractivity contribution in [1.29, 1.82) is 0 Å². The molecule has 1 aromatic carbocycles. The Balaban J connectivity index is 2.92. The minimum Gasteiger partial charge on any atom is -0.479 e. The number of allylic oxidation sites excluding steroid dienone is 1. The number of carboxylic acids is 1. The van der Waals surface area contributed by atoms with Gasteiger partial charge >= 0.3 is 5.97 Å². The van der Waals surface area contributed by atoms with Gasteiger partial charge in [0.05, 0.1) is 0 Å². The van der Waals surface area contributed by atoms with Crippen LogP contribution in [0.1, 0.15) is 32.8 Å². The van der Waals surface area contributed by atoms with Crippen LogP contribution < -0.4 is 0 Å². The summed E-state index contributed by atoms with van der Waals surface area (Å²) in [6.45, 7) is 5.48. The predicted octanol–water partition coefficient (Wildman–Crippen LogP) is 3.96. The van der Waals surface area contributed by atoms with E-state index in [0.717, 1.165) is 11.1 Å². The summed E-state index contributed by atoms with van der Waals surface area (Å²) in [6, 6.07) is 7.10. The average molecular weight is 280 g/mol. The van der Waals surface area contributed by atoms with Crippen molar-refractivity contribution in [2.24, 2.45) is 4.99 Å². The molecule has 1 atom stereocenters. The number of halogens is 1. The number of hydrogen-bond donors (Lipinski definition) is 1. The van der Waals surface area contributed by atoms with Gasteiger partial charge in [0.2, 0.25) is 0 Å². The van der Waals surface area contributed by atoms with Crippen LogP contribution in [-0.2, 0) is 4.79 Å². The van der Waals surface area contributed by atoms with Crippen LogP contribution in [0.2, 0.25) is 5.02 Å². The molecule has 0 radical (unpaired) electrons. The van der Waals surface area contributed by atoms with Gasteiger partial charge in [0, 0.05) is 17.7 Å². The molecule has 0 spiro atoms. The minimum absolute atomic E-state index is 0.370. The van der Waals surface area contributed by atoms with E-state index in [1.54, 1.807) is 37.4 Å². The second-order valence-electron chi connectivity index (χ2n) is 4.87. The zero-order valence-corrected chi connectivity index (χ0v) is 12.1. The monoisotopic (exact) mass is 279 g/mol. The Morgan fingerprint density at radius 2 is 1.95 bits per heavy atom. The molecule has 0 unspecified atom stereocenters. The maximum absolute atomic E-state index is 11.3. The van der Waals surface area contributed by atoms with Crippen LogP contribution in [0, 0.1) is 0 Å². The number of nitrogens with zero attached hydrogens (tertiary/aromatic N) is 1. The van der Waals surface area contributed by atoms with Gasteiger partial charge < -0.3 is 5.11 Å². The quantitative estimate of drug-likeness (QED) is 0.655. The van der Waals surface area contributed by atoms with Crippen LogP contribution in [0.25, 0.3) is 0 Å². The van der Waals surface area contributed by atoms with Crippen LogP contribution in [0.3, 0.4) is 0 Å². The molecule has 3 nitrogen and oxygen atoms in total. The summed E-state index contributed by atoms with van der Waals surface area (Å²) in [5.41, 5.74) is 0.764. The molecule has 0 aliphatic rings. The van der Waals surface area contributed by atoms with Gasteiger partial charge in [-0.1, -0.05) is 35.4 Å². The molecule has 0 saturated heterocycles. The maximum atomic E-state index is 11.3. The molecule has 0 aromatic heterocycles. The molecule has 4 heteroatoms. The van der Waals surface area contributed by atoms with Crippen LogP contribution in [0.5, 0.6) is 0 Å². The van der Waals surface area contributed by atoms with Crippen molar-refractivity contribution in [2.45, 2.75) is 32.7 Å². The van der Waals surface area contributed by atoms with E-state index in [9.17, 15) is 9.90 Å². The lowest BCUT2D eigenvalue weighted by molar-refractivity contribution is -0.142. The summed E-state index contributed by atoms with van der Waals surface area (Å²) in [7, 11) is 0. The molecule has 0 fully saturated rings. The van der Waals surface area contributed by atoms with Crippen molar-refractivity contribution < 1.29 is 9.90 Å². The summed E-state index contributed by atoms with van der Waals surface area (Å²) in [6.07, 6.45) is 3.82. The van der Waals surface area contributed by atoms with Crippen LogP contribution >= 0.6 is 11.6 Å². The third-order valence-corrected chi connectivity index (χ3v) is 2.99. The van der Waals surface area contributed by atoms with Crippen molar-refractivity contribution in [1.82, 2.24) is 0 Å². The van der Waals surface area contributed by atoms with E-state index in [4.69, 9.17) is 11.6 Å². The number of benzene rings is 1. The van der Waals surface area contributed by atoms with Gasteiger partial charge in [0.1, 0.15) is 0 Å². The first-order chi connectivity index (χ1) is 8.83. The van der Waals surface area contributed by atoms with Crippen molar-refractivity contribution in [3.8, 4) is 0 Å². The Morgan fingerprint density at radius 1 is 1.37 bits per heavy atom. The summed E-state index contributed by atoms with van der Waals surface area (Å²) in [5.74, 6) is -0.935. The van der Waals surface area contributed by atoms with E-state index in [1.807, 2.05) is 19.9 Å². The Labute approximate surface area is 118 Å². The SMILES string of the molecule is CC(C)=CC[C@@](C)(N=Cc1ccc(Cl)cc1)C(=O)O. The predicted molar refractivity (Wildman–Crippen MR) is 79.1 cm³/mol. The number of carbonyl (C=O) groups is 1. The second-order valence-corrected chi connectivity index (χ2v) is 5.31. The molecule has 1 aromatic rings. The van der Waals surface area contributed by atoms with E-state index in [1.165, 1.54) is 0 Å². The average Bonchev–Trinajstić information content (AvgIpc) is 2.35. The van der Waals surface area contributed by atoms with Gasteiger partial charge in [-0.25, -0.2) is 4.79 Å². The molecular weight excluding hydrogens is 262 g/mol. The van der Waals surface area contributed by atoms with E-state index in [0.29, 0.717) is 11.4 Å². The Kier molecular flexibility index (Phi) is 5.31. The fraction of sp³-hybridized carbons (Fsp3) is 0.333. The zero-order chi connectivity index (χ0) is 14.5. The summed E-state index contributed by atoms with van der Waals surface area (Å²) in [4.78, 5) is 15.6. The van der Waals surface area contributed by atoms with Crippen molar-refractivity contribution in [3.05, 3.63) is 46.5 Å². The number of hydrogen-bond acceptors (Lipinski definition) is 2. The van der Waals surface area contributed by atoms with Gasteiger partial charge in [-0.05, 0) is 38.5 Å². The van der Waals surface area contributed by atoms with E-state index in [-0.39, 0.29) is 0 Å². The molecule has 19 heavy (non-hydrogen) atoms.